The Hall–Kier alpha value is -2.09. The van der Waals surface area contributed by atoms with Gasteiger partial charge in [0.2, 0.25) is 0 Å². The molecule has 5 nitrogen and oxygen atoms in total. The molecule has 1 aromatic carbocycles. The number of rotatable bonds is 4. The molecule has 0 aliphatic rings. The van der Waals surface area contributed by atoms with E-state index in [-0.39, 0.29) is 24.0 Å². The van der Waals surface area contributed by atoms with Crippen molar-refractivity contribution in [2.24, 2.45) is 10.7 Å². The van der Waals surface area contributed by atoms with Gasteiger partial charge in [-0.15, -0.1) is 24.0 Å². The lowest BCUT2D eigenvalue weighted by Crippen LogP contribution is -2.23. The number of aromatic nitrogens is 2. The third-order valence-corrected chi connectivity index (χ3v) is 4.16. The fraction of sp³-hybridized carbons (Fsp3) is 0.263. The van der Waals surface area contributed by atoms with Crippen LogP contribution in [0.4, 0.5) is 5.69 Å². The van der Waals surface area contributed by atoms with Gasteiger partial charge in [0.25, 0.3) is 0 Å². The summed E-state index contributed by atoms with van der Waals surface area (Å²) in [5.74, 6) is 0.429. The number of halogens is 1. The molecular formula is C19H24IN5. The van der Waals surface area contributed by atoms with E-state index >= 15 is 0 Å². The van der Waals surface area contributed by atoms with E-state index in [4.69, 9.17) is 5.73 Å². The predicted molar refractivity (Wildman–Crippen MR) is 115 cm³/mol. The van der Waals surface area contributed by atoms with Gasteiger partial charge in [0, 0.05) is 31.0 Å². The smallest absolute Gasteiger partial charge is 0.193 e. The Balaban J connectivity index is 0.00000225. The van der Waals surface area contributed by atoms with Gasteiger partial charge in [-0.05, 0) is 55.7 Å². The number of aryl methyl sites for hydroxylation is 3. The van der Waals surface area contributed by atoms with Crippen LogP contribution in [0.5, 0.6) is 0 Å². The predicted octanol–water partition coefficient (Wildman–Crippen LogP) is 3.85. The van der Waals surface area contributed by atoms with Crippen LogP contribution in [0.2, 0.25) is 0 Å². The van der Waals surface area contributed by atoms with Crippen LogP contribution < -0.4 is 11.1 Å². The quantitative estimate of drug-likeness (QED) is 0.361. The van der Waals surface area contributed by atoms with Crippen molar-refractivity contribution in [3.63, 3.8) is 0 Å². The molecule has 3 aromatic rings. The van der Waals surface area contributed by atoms with Crippen molar-refractivity contribution >= 4 is 41.3 Å². The summed E-state index contributed by atoms with van der Waals surface area (Å²) in [6, 6.07) is 10.2. The fourth-order valence-electron chi connectivity index (χ4n) is 2.62. The number of hydrogen-bond acceptors (Lipinski definition) is 2. The maximum absolute atomic E-state index is 5.97. The second-order valence-electron chi connectivity index (χ2n) is 6.10. The summed E-state index contributed by atoms with van der Waals surface area (Å²) in [5, 5.41) is 3.13. The highest BCUT2D eigenvalue weighted by Gasteiger charge is 2.03. The maximum Gasteiger partial charge on any atom is 0.193 e. The van der Waals surface area contributed by atoms with Crippen LogP contribution in [0, 0.1) is 20.8 Å². The lowest BCUT2D eigenvalue weighted by atomic mass is 10.1. The van der Waals surface area contributed by atoms with Crippen LogP contribution in [-0.2, 0) is 6.42 Å². The molecule has 0 radical (unpaired) electrons. The summed E-state index contributed by atoms with van der Waals surface area (Å²) in [6.07, 6.45) is 4.82. The second kappa shape index (κ2) is 8.33. The minimum atomic E-state index is 0. The molecule has 0 unspecified atom stereocenters. The number of benzene rings is 1. The van der Waals surface area contributed by atoms with Crippen molar-refractivity contribution in [2.45, 2.75) is 27.2 Å². The Morgan fingerprint density at radius 1 is 1.16 bits per heavy atom. The zero-order chi connectivity index (χ0) is 17.1. The van der Waals surface area contributed by atoms with Gasteiger partial charge in [-0.25, -0.2) is 4.98 Å². The number of hydrogen-bond donors (Lipinski definition) is 2. The number of imidazole rings is 1. The van der Waals surface area contributed by atoms with Gasteiger partial charge >= 0.3 is 0 Å². The van der Waals surface area contributed by atoms with Gasteiger partial charge in [-0.1, -0.05) is 12.1 Å². The SMILES string of the molecule is Cc1ccc(NC(N)=NCCc2cn3cccc(C)c3n2)cc1C.I. The zero-order valence-corrected chi connectivity index (χ0v) is 17.1. The fourth-order valence-corrected chi connectivity index (χ4v) is 2.62. The molecule has 132 valence electrons. The standard InChI is InChI=1S/C19H23N5.HI/c1-13-6-7-16(11-15(13)3)23-19(20)21-9-8-17-12-24-10-4-5-14(2)18(24)22-17;/h4-7,10-12H,8-9H2,1-3H3,(H3,20,21,23);1H. The van der Waals surface area contributed by atoms with E-state index in [2.05, 4.69) is 54.3 Å². The van der Waals surface area contributed by atoms with Crippen molar-refractivity contribution in [1.82, 2.24) is 9.38 Å². The van der Waals surface area contributed by atoms with Gasteiger partial charge in [-0.3, -0.25) is 4.99 Å². The van der Waals surface area contributed by atoms with E-state index in [1.165, 1.54) is 16.7 Å². The summed E-state index contributed by atoms with van der Waals surface area (Å²) in [7, 11) is 0. The van der Waals surface area contributed by atoms with E-state index in [1.54, 1.807) is 0 Å². The zero-order valence-electron chi connectivity index (χ0n) is 14.8. The van der Waals surface area contributed by atoms with E-state index in [1.807, 2.05) is 28.9 Å². The van der Waals surface area contributed by atoms with Crippen LogP contribution in [0.1, 0.15) is 22.4 Å². The minimum absolute atomic E-state index is 0. The lowest BCUT2D eigenvalue weighted by Gasteiger charge is -2.07. The number of nitrogens with one attached hydrogen (secondary N) is 1. The Bertz CT molecular complexity index is 898. The molecule has 0 spiro atoms. The van der Waals surface area contributed by atoms with E-state index in [0.29, 0.717) is 12.5 Å². The first kappa shape index (κ1) is 19.2. The Kier molecular flexibility index (Phi) is 6.41. The maximum atomic E-state index is 5.97. The minimum Gasteiger partial charge on any atom is -0.370 e. The van der Waals surface area contributed by atoms with E-state index < -0.39 is 0 Å². The third-order valence-electron chi connectivity index (χ3n) is 4.16. The number of nitrogens with zero attached hydrogens (tertiary/aromatic N) is 3. The van der Waals surface area contributed by atoms with Gasteiger partial charge < -0.3 is 15.5 Å². The molecule has 0 fully saturated rings. The van der Waals surface area contributed by atoms with Crippen LogP contribution in [0.15, 0.2) is 47.7 Å². The highest BCUT2D eigenvalue weighted by molar-refractivity contribution is 14.0. The summed E-state index contributed by atoms with van der Waals surface area (Å²) in [5.41, 5.74) is 12.6. The van der Waals surface area contributed by atoms with Gasteiger partial charge in [0.15, 0.2) is 5.96 Å². The number of aliphatic imine (C=N–C) groups is 1. The number of anilines is 1. The molecule has 3 N–H and O–H groups in total. The lowest BCUT2D eigenvalue weighted by molar-refractivity contribution is 0.934. The van der Waals surface area contributed by atoms with E-state index in [0.717, 1.165) is 23.4 Å². The first-order valence-electron chi connectivity index (χ1n) is 8.10. The van der Waals surface area contributed by atoms with Crippen molar-refractivity contribution in [3.05, 3.63) is 65.1 Å². The molecule has 0 aliphatic carbocycles. The average Bonchev–Trinajstić information content (AvgIpc) is 2.95. The summed E-state index contributed by atoms with van der Waals surface area (Å²) in [6.45, 7) is 6.84. The number of guanidine groups is 1. The molecule has 0 saturated carbocycles. The largest absolute Gasteiger partial charge is 0.370 e. The molecule has 25 heavy (non-hydrogen) atoms. The van der Waals surface area contributed by atoms with Crippen molar-refractivity contribution in [1.29, 1.82) is 0 Å². The van der Waals surface area contributed by atoms with Crippen LogP contribution in [-0.4, -0.2) is 21.9 Å². The Labute approximate surface area is 165 Å². The summed E-state index contributed by atoms with van der Waals surface area (Å²) < 4.78 is 2.05. The molecule has 6 heteroatoms. The summed E-state index contributed by atoms with van der Waals surface area (Å²) in [4.78, 5) is 9.04. The molecule has 3 rings (SSSR count). The normalized spacial score (nSPS) is 11.4. The molecule has 0 atom stereocenters. The van der Waals surface area contributed by atoms with Crippen molar-refractivity contribution in [2.75, 3.05) is 11.9 Å². The first-order valence-corrected chi connectivity index (χ1v) is 8.10. The highest BCUT2D eigenvalue weighted by atomic mass is 127. The average molecular weight is 449 g/mol. The van der Waals surface area contributed by atoms with Crippen LogP contribution in [0.25, 0.3) is 5.65 Å². The number of pyridine rings is 1. The van der Waals surface area contributed by atoms with Gasteiger partial charge in [0.05, 0.1) is 5.69 Å². The topological polar surface area (TPSA) is 67.7 Å². The monoisotopic (exact) mass is 449 g/mol. The van der Waals surface area contributed by atoms with Crippen LogP contribution in [0.3, 0.4) is 0 Å². The molecular weight excluding hydrogens is 425 g/mol. The Morgan fingerprint density at radius 3 is 2.68 bits per heavy atom. The van der Waals surface area contributed by atoms with E-state index in [9.17, 15) is 0 Å². The molecule has 0 bridgehead atoms. The molecule has 0 aliphatic heterocycles. The number of nitrogens with two attached hydrogens (primary N) is 1. The first-order chi connectivity index (χ1) is 11.5. The molecule has 2 aromatic heterocycles. The van der Waals surface area contributed by atoms with Crippen molar-refractivity contribution in [3.8, 4) is 0 Å². The molecule has 0 saturated heterocycles. The summed E-state index contributed by atoms with van der Waals surface area (Å²) >= 11 is 0. The van der Waals surface area contributed by atoms with Gasteiger partial charge in [0.1, 0.15) is 5.65 Å². The number of fused-ring (bicyclic) bond motifs is 1. The van der Waals surface area contributed by atoms with Gasteiger partial charge in [-0.2, -0.15) is 0 Å². The second-order valence-corrected chi connectivity index (χ2v) is 6.10. The van der Waals surface area contributed by atoms with Crippen LogP contribution >= 0.6 is 24.0 Å². The molecule has 0 amide bonds. The highest BCUT2D eigenvalue weighted by Crippen LogP contribution is 2.14. The Morgan fingerprint density at radius 2 is 1.96 bits per heavy atom. The molecule has 2 heterocycles. The third kappa shape index (κ3) is 4.72. The van der Waals surface area contributed by atoms with Crippen molar-refractivity contribution < 1.29 is 0 Å².